The van der Waals surface area contributed by atoms with Gasteiger partial charge in [-0.1, -0.05) is 0 Å². The van der Waals surface area contributed by atoms with Crippen LogP contribution in [0.15, 0.2) is 46.2 Å². The van der Waals surface area contributed by atoms with Crippen LogP contribution in [0.4, 0.5) is 11.4 Å². The zero-order valence-corrected chi connectivity index (χ0v) is 14.8. The molecule has 0 saturated carbocycles. The van der Waals surface area contributed by atoms with Crippen molar-refractivity contribution in [1.29, 1.82) is 5.26 Å². The number of nitro benzene ring substituents is 1. The second kappa shape index (κ2) is 7.42. The van der Waals surface area contributed by atoms with Crippen molar-refractivity contribution in [1.82, 2.24) is 0 Å². The Kier molecular flexibility index (Phi) is 5.51. The summed E-state index contributed by atoms with van der Waals surface area (Å²) in [6.07, 6.45) is 0. The Morgan fingerprint density at radius 1 is 1.28 bits per heavy atom. The maximum atomic E-state index is 12.5. The Morgan fingerprint density at radius 3 is 2.56 bits per heavy atom. The van der Waals surface area contributed by atoms with E-state index < -0.39 is 20.6 Å². The number of methoxy groups -OCH3 is 1. The molecule has 0 bridgehead atoms. The maximum Gasteiger partial charge on any atom is 0.312 e. The van der Waals surface area contributed by atoms with Gasteiger partial charge in [0.25, 0.3) is 10.0 Å². The molecule has 0 aliphatic heterocycles. The minimum absolute atomic E-state index is 0.0296. The lowest BCUT2D eigenvalue weighted by Crippen LogP contribution is -2.14. The van der Waals surface area contributed by atoms with Gasteiger partial charge in [-0.25, -0.2) is 8.42 Å². The van der Waals surface area contributed by atoms with Gasteiger partial charge >= 0.3 is 5.69 Å². The van der Waals surface area contributed by atoms with Crippen LogP contribution < -0.4 is 9.46 Å². The minimum atomic E-state index is -4.02. The Morgan fingerprint density at radius 2 is 2.00 bits per heavy atom. The molecule has 10 heteroatoms. The van der Waals surface area contributed by atoms with Crippen LogP contribution in [-0.4, -0.2) is 20.5 Å². The molecular formula is C15H13N3O5S2. The second-order valence-electron chi connectivity index (χ2n) is 4.87. The summed E-state index contributed by atoms with van der Waals surface area (Å²) in [6, 6.07) is 8.20. The minimum Gasteiger partial charge on any atom is -0.490 e. The molecule has 0 unspecified atom stereocenters. The molecule has 130 valence electrons. The van der Waals surface area contributed by atoms with Crippen LogP contribution in [0, 0.1) is 27.7 Å². The average Bonchev–Trinajstić information content (AvgIpc) is 2.56. The van der Waals surface area contributed by atoms with Crippen molar-refractivity contribution in [2.45, 2.75) is 16.7 Å². The van der Waals surface area contributed by atoms with E-state index in [-0.39, 0.29) is 10.6 Å². The summed E-state index contributed by atoms with van der Waals surface area (Å²) in [6.45, 7) is 1.69. The van der Waals surface area contributed by atoms with Crippen molar-refractivity contribution < 1.29 is 18.1 Å². The van der Waals surface area contributed by atoms with Gasteiger partial charge in [0, 0.05) is 11.0 Å². The second-order valence-corrected chi connectivity index (χ2v) is 7.41. The number of anilines is 1. The molecule has 0 radical (unpaired) electrons. The summed E-state index contributed by atoms with van der Waals surface area (Å²) in [5, 5.41) is 21.7. The zero-order chi connectivity index (χ0) is 18.6. The van der Waals surface area contributed by atoms with Crippen molar-refractivity contribution in [3.63, 3.8) is 0 Å². The van der Waals surface area contributed by atoms with E-state index in [9.17, 15) is 18.5 Å². The first-order chi connectivity index (χ1) is 11.8. The normalized spacial score (nSPS) is 10.8. The summed E-state index contributed by atoms with van der Waals surface area (Å²) < 4.78 is 32.3. The summed E-state index contributed by atoms with van der Waals surface area (Å²) >= 11 is 0.961. The molecule has 0 fully saturated rings. The number of rotatable bonds is 6. The standard InChI is InChI=1S/C15H13N3O5S2/c1-10-7-11(24-9-16)3-5-13(10)17-25(21,22)12-4-6-15(23-2)14(8-12)18(19)20/h3-8,17H,1-2H3. The molecule has 0 amide bonds. The third-order valence-corrected chi connectivity index (χ3v) is 5.21. The number of nitrogens with zero attached hydrogens (tertiary/aromatic N) is 2. The number of aryl methyl sites for hydroxylation is 1. The van der Waals surface area contributed by atoms with Gasteiger partial charge in [-0.05, 0) is 54.6 Å². The number of thiocyanates is 1. The van der Waals surface area contributed by atoms with E-state index in [4.69, 9.17) is 10.00 Å². The van der Waals surface area contributed by atoms with Gasteiger partial charge in [0.2, 0.25) is 0 Å². The first kappa shape index (κ1) is 18.6. The van der Waals surface area contributed by atoms with Crippen LogP contribution in [0.2, 0.25) is 0 Å². The number of benzene rings is 2. The molecule has 2 aromatic rings. The fourth-order valence-corrected chi connectivity index (χ4v) is 3.68. The number of nitriles is 1. The molecule has 1 N–H and O–H groups in total. The van der Waals surface area contributed by atoms with Crippen molar-refractivity contribution in [2.75, 3.05) is 11.8 Å². The number of nitro groups is 1. The van der Waals surface area contributed by atoms with Crippen molar-refractivity contribution in [3.05, 3.63) is 52.1 Å². The smallest absolute Gasteiger partial charge is 0.312 e. The highest BCUT2D eigenvalue weighted by Crippen LogP contribution is 2.31. The van der Waals surface area contributed by atoms with Crippen LogP contribution in [-0.2, 0) is 10.0 Å². The highest BCUT2D eigenvalue weighted by molar-refractivity contribution is 8.03. The van der Waals surface area contributed by atoms with Gasteiger partial charge < -0.3 is 4.74 Å². The molecule has 8 nitrogen and oxygen atoms in total. The van der Waals surface area contributed by atoms with Gasteiger partial charge in [-0.15, -0.1) is 0 Å². The Balaban J connectivity index is 2.38. The molecule has 0 aliphatic rings. The molecular weight excluding hydrogens is 366 g/mol. The summed E-state index contributed by atoms with van der Waals surface area (Å²) in [7, 11) is -2.76. The number of ether oxygens (including phenoxy) is 1. The number of hydrogen-bond donors (Lipinski definition) is 1. The van der Waals surface area contributed by atoms with E-state index in [1.807, 2.05) is 5.40 Å². The SMILES string of the molecule is COc1ccc(S(=O)(=O)Nc2ccc(SC#N)cc2C)cc1[N+](=O)[O-]. The molecule has 0 aromatic heterocycles. The average molecular weight is 379 g/mol. The van der Waals surface area contributed by atoms with Crippen LogP contribution >= 0.6 is 11.8 Å². The molecule has 2 aromatic carbocycles. The zero-order valence-electron chi connectivity index (χ0n) is 13.2. The lowest BCUT2D eigenvalue weighted by Gasteiger charge is -2.12. The van der Waals surface area contributed by atoms with Crippen molar-refractivity contribution >= 4 is 33.2 Å². The van der Waals surface area contributed by atoms with Crippen LogP contribution in [0.5, 0.6) is 5.75 Å². The Hall–Kier alpha value is -2.77. The van der Waals surface area contributed by atoms with Crippen molar-refractivity contribution in [2.24, 2.45) is 0 Å². The third kappa shape index (κ3) is 4.20. The lowest BCUT2D eigenvalue weighted by molar-refractivity contribution is -0.386. The number of nitrogens with one attached hydrogen (secondary N) is 1. The van der Waals surface area contributed by atoms with E-state index in [2.05, 4.69) is 4.72 Å². The maximum absolute atomic E-state index is 12.5. The van der Waals surface area contributed by atoms with Crippen LogP contribution in [0.25, 0.3) is 0 Å². The van der Waals surface area contributed by atoms with Crippen molar-refractivity contribution in [3.8, 4) is 11.2 Å². The van der Waals surface area contributed by atoms with E-state index in [0.29, 0.717) is 16.1 Å². The molecule has 0 heterocycles. The molecule has 0 spiro atoms. The van der Waals surface area contributed by atoms with Gasteiger partial charge in [0.1, 0.15) is 5.40 Å². The molecule has 0 saturated heterocycles. The fraction of sp³-hybridized carbons (Fsp3) is 0.133. The van der Waals surface area contributed by atoms with E-state index in [1.54, 1.807) is 19.1 Å². The largest absolute Gasteiger partial charge is 0.490 e. The first-order valence-corrected chi connectivity index (χ1v) is 9.10. The predicted molar refractivity (Wildman–Crippen MR) is 93.1 cm³/mol. The molecule has 25 heavy (non-hydrogen) atoms. The van der Waals surface area contributed by atoms with E-state index >= 15 is 0 Å². The predicted octanol–water partition coefficient (Wildman–Crippen LogP) is 3.29. The number of sulfonamides is 1. The van der Waals surface area contributed by atoms with Gasteiger partial charge in [0.05, 0.1) is 22.6 Å². The van der Waals surface area contributed by atoms with Crippen LogP contribution in [0.3, 0.4) is 0 Å². The van der Waals surface area contributed by atoms with Gasteiger partial charge in [-0.3, -0.25) is 14.8 Å². The topological polar surface area (TPSA) is 122 Å². The highest BCUT2D eigenvalue weighted by Gasteiger charge is 2.22. The van der Waals surface area contributed by atoms with E-state index in [0.717, 1.165) is 17.8 Å². The Labute approximate surface area is 148 Å². The summed E-state index contributed by atoms with van der Waals surface area (Å²) in [5.74, 6) is -0.0296. The summed E-state index contributed by atoms with van der Waals surface area (Å²) in [4.78, 5) is 10.8. The van der Waals surface area contributed by atoms with Crippen LogP contribution in [0.1, 0.15) is 5.56 Å². The number of hydrogen-bond acceptors (Lipinski definition) is 7. The molecule has 2 rings (SSSR count). The third-order valence-electron chi connectivity index (χ3n) is 3.26. The van der Waals surface area contributed by atoms with Gasteiger partial charge in [0.15, 0.2) is 5.75 Å². The Bertz CT molecular complexity index is 968. The van der Waals surface area contributed by atoms with E-state index in [1.165, 1.54) is 25.3 Å². The molecule has 0 aliphatic carbocycles. The first-order valence-electron chi connectivity index (χ1n) is 6.80. The van der Waals surface area contributed by atoms with Gasteiger partial charge in [-0.2, -0.15) is 5.26 Å². The molecule has 0 atom stereocenters. The lowest BCUT2D eigenvalue weighted by atomic mass is 10.2. The monoisotopic (exact) mass is 379 g/mol. The summed E-state index contributed by atoms with van der Waals surface area (Å²) in [5.41, 5.74) is 0.496. The quantitative estimate of drug-likeness (QED) is 0.353. The highest BCUT2D eigenvalue weighted by atomic mass is 32.2. The fourth-order valence-electron chi connectivity index (χ4n) is 2.05. The number of thioether (sulfide) groups is 1.